The first-order valence-corrected chi connectivity index (χ1v) is 11.7. The summed E-state index contributed by atoms with van der Waals surface area (Å²) in [7, 11) is 1.72. The summed E-state index contributed by atoms with van der Waals surface area (Å²) in [5.74, 6) is 2.28. The third kappa shape index (κ3) is 5.53. The molecule has 0 spiro atoms. The van der Waals surface area contributed by atoms with Gasteiger partial charge in [0.2, 0.25) is 11.7 Å². The largest absolute Gasteiger partial charge is 0.494 e. The van der Waals surface area contributed by atoms with Gasteiger partial charge < -0.3 is 18.9 Å². The monoisotopic (exact) mass is 449 g/mol. The molecule has 0 radical (unpaired) electrons. The normalized spacial score (nSPS) is 13.8. The van der Waals surface area contributed by atoms with Crippen molar-refractivity contribution >= 4 is 5.91 Å². The third-order valence-electron chi connectivity index (χ3n) is 5.88. The predicted octanol–water partition coefficient (Wildman–Crippen LogP) is 4.83. The molecule has 0 aliphatic heterocycles. The van der Waals surface area contributed by atoms with Crippen LogP contribution in [0.3, 0.4) is 0 Å². The first-order chi connectivity index (χ1) is 16.1. The molecule has 0 saturated heterocycles. The smallest absolute Gasteiger partial charge is 0.263 e. The van der Waals surface area contributed by atoms with Gasteiger partial charge in [0.1, 0.15) is 11.5 Å². The highest BCUT2D eigenvalue weighted by atomic mass is 16.5. The van der Waals surface area contributed by atoms with E-state index in [-0.39, 0.29) is 12.5 Å². The Labute approximate surface area is 194 Å². The van der Waals surface area contributed by atoms with Crippen LogP contribution >= 0.6 is 0 Å². The van der Waals surface area contributed by atoms with Gasteiger partial charge in [-0.25, -0.2) is 0 Å². The number of nitrogens with zero attached hydrogens (tertiary/aromatic N) is 3. The molecule has 3 aromatic rings. The second kappa shape index (κ2) is 10.5. The van der Waals surface area contributed by atoms with Crippen molar-refractivity contribution in [1.29, 1.82) is 0 Å². The summed E-state index contributed by atoms with van der Waals surface area (Å²) in [6, 6.07) is 13.7. The highest BCUT2D eigenvalue weighted by molar-refractivity contribution is 5.81. The summed E-state index contributed by atoms with van der Waals surface area (Å²) >= 11 is 0. The third-order valence-corrected chi connectivity index (χ3v) is 5.88. The van der Waals surface area contributed by atoms with Crippen molar-refractivity contribution in [2.75, 3.05) is 13.7 Å². The van der Waals surface area contributed by atoms with E-state index < -0.39 is 6.10 Å². The van der Waals surface area contributed by atoms with Gasteiger partial charge in [-0.1, -0.05) is 18.1 Å². The molecule has 1 aliphatic carbocycles. The number of hydrogen-bond donors (Lipinski definition) is 0. The molecule has 1 aliphatic rings. The minimum atomic E-state index is -0.565. The number of ether oxygens (including phenoxy) is 2. The van der Waals surface area contributed by atoms with Crippen LogP contribution in [-0.2, 0) is 24.2 Å². The molecule has 0 N–H and O–H groups in total. The summed E-state index contributed by atoms with van der Waals surface area (Å²) in [5, 5.41) is 4.05. The maximum atomic E-state index is 13.0. The molecule has 0 bridgehead atoms. The van der Waals surface area contributed by atoms with E-state index in [9.17, 15) is 4.79 Å². The zero-order valence-corrected chi connectivity index (χ0v) is 19.5. The maximum Gasteiger partial charge on any atom is 0.263 e. The van der Waals surface area contributed by atoms with E-state index in [1.807, 2.05) is 44.2 Å². The SMILES string of the molecule is CCOc1ccc(-c2noc(CN(C)C(=O)C(CC)Oc3ccc4c(c3)CCCC4)n2)cc1. The number of hydrogen-bond acceptors (Lipinski definition) is 6. The minimum Gasteiger partial charge on any atom is -0.494 e. The molecule has 2 aromatic carbocycles. The van der Waals surface area contributed by atoms with Gasteiger partial charge in [0.05, 0.1) is 13.2 Å². The number of carbonyl (C=O) groups excluding carboxylic acids is 1. The number of aromatic nitrogens is 2. The quantitative estimate of drug-likeness (QED) is 0.466. The second-order valence-corrected chi connectivity index (χ2v) is 8.32. The van der Waals surface area contributed by atoms with Crippen LogP contribution < -0.4 is 9.47 Å². The average Bonchev–Trinajstić information content (AvgIpc) is 3.31. The van der Waals surface area contributed by atoms with Crippen molar-refractivity contribution in [2.24, 2.45) is 0 Å². The first-order valence-electron chi connectivity index (χ1n) is 11.7. The van der Waals surface area contributed by atoms with E-state index >= 15 is 0 Å². The van der Waals surface area contributed by atoms with Crippen LogP contribution in [0.1, 0.15) is 50.1 Å². The Kier molecular flexibility index (Phi) is 7.27. The lowest BCUT2D eigenvalue weighted by Crippen LogP contribution is -2.39. The molecule has 1 unspecified atom stereocenters. The minimum absolute atomic E-state index is 0.115. The second-order valence-electron chi connectivity index (χ2n) is 8.32. The number of amides is 1. The van der Waals surface area contributed by atoms with Gasteiger partial charge >= 0.3 is 0 Å². The first kappa shape index (κ1) is 22.8. The lowest BCUT2D eigenvalue weighted by molar-refractivity contribution is -0.138. The Morgan fingerprint density at radius 3 is 2.52 bits per heavy atom. The van der Waals surface area contributed by atoms with Gasteiger partial charge in [-0.15, -0.1) is 0 Å². The highest BCUT2D eigenvalue weighted by Gasteiger charge is 2.24. The number of carbonyl (C=O) groups is 1. The molecular formula is C26H31N3O4. The lowest BCUT2D eigenvalue weighted by atomic mass is 9.92. The van der Waals surface area contributed by atoms with E-state index in [0.29, 0.717) is 24.7 Å². The Hall–Kier alpha value is -3.35. The summed E-state index contributed by atoms with van der Waals surface area (Å²) in [4.78, 5) is 19.1. The van der Waals surface area contributed by atoms with Gasteiger partial charge in [0.15, 0.2) is 6.10 Å². The molecule has 1 aromatic heterocycles. The molecular weight excluding hydrogens is 418 g/mol. The van der Waals surface area contributed by atoms with Gasteiger partial charge in [0.25, 0.3) is 5.91 Å². The van der Waals surface area contributed by atoms with E-state index in [1.165, 1.54) is 24.0 Å². The lowest BCUT2D eigenvalue weighted by Gasteiger charge is -2.24. The number of aryl methyl sites for hydroxylation is 2. The fourth-order valence-corrected chi connectivity index (χ4v) is 4.09. The number of likely N-dealkylation sites (N-methyl/N-ethyl adjacent to an activating group) is 1. The van der Waals surface area contributed by atoms with Crippen LogP contribution in [0.2, 0.25) is 0 Å². The van der Waals surface area contributed by atoms with Crippen LogP contribution in [-0.4, -0.2) is 40.7 Å². The van der Waals surface area contributed by atoms with Crippen molar-refractivity contribution in [1.82, 2.24) is 15.0 Å². The molecule has 0 fully saturated rings. The molecule has 7 nitrogen and oxygen atoms in total. The van der Waals surface area contributed by atoms with Gasteiger partial charge in [-0.3, -0.25) is 4.79 Å². The van der Waals surface area contributed by atoms with Crippen molar-refractivity contribution in [2.45, 2.75) is 58.6 Å². The van der Waals surface area contributed by atoms with Crippen LogP contribution in [0.25, 0.3) is 11.4 Å². The van der Waals surface area contributed by atoms with Gasteiger partial charge in [0, 0.05) is 12.6 Å². The fourth-order valence-electron chi connectivity index (χ4n) is 4.09. The standard InChI is InChI=1S/C26H31N3O4/c1-4-23(32-22-15-10-18-8-6-7-9-20(18)16-22)26(30)29(3)17-24-27-25(28-33-24)19-11-13-21(14-12-19)31-5-2/h10-16,23H,4-9,17H2,1-3H3. The number of fused-ring (bicyclic) bond motifs is 1. The molecule has 33 heavy (non-hydrogen) atoms. The summed E-state index contributed by atoms with van der Waals surface area (Å²) in [6.45, 7) is 4.72. The van der Waals surface area contributed by atoms with Crippen molar-refractivity contribution in [3.63, 3.8) is 0 Å². The molecule has 1 atom stereocenters. The summed E-state index contributed by atoms with van der Waals surface area (Å²) in [6.07, 6.45) is 4.65. The van der Waals surface area contributed by atoms with E-state index in [4.69, 9.17) is 14.0 Å². The Morgan fingerprint density at radius 2 is 1.79 bits per heavy atom. The number of rotatable bonds is 9. The van der Waals surface area contributed by atoms with Crippen molar-refractivity contribution in [3.8, 4) is 22.9 Å². The molecule has 1 heterocycles. The molecule has 0 saturated carbocycles. The average molecular weight is 450 g/mol. The molecule has 1 amide bonds. The van der Waals surface area contributed by atoms with E-state index in [0.717, 1.165) is 29.9 Å². The van der Waals surface area contributed by atoms with Crippen LogP contribution in [0, 0.1) is 0 Å². The molecule has 7 heteroatoms. The zero-order chi connectivity index (χ0) is 23.2. The van der Waals surface area contributed by atoms with Crippen molar-refractivity contribution < 1.29 is 18.8 Å². The van der Waals surface area contributed by atoms with Crippen LogP contribution in [0.5, 0.6) is 11.5 Å². The Bertz CT molecular complexity index is 1080. The zero-order valence-electron chi connectivity index (χ0n) is 19.5. The Morgan fingerprint density at radius 1 is 1.06 bits per heavy atom. The highest BCUT2D eigenvalue weighted by Crippen LogP contribution is 2.26. The summed E-state index contributed by atoms with van der Waals surface area (Å²) in [5.41, 5.74) is 3.55. The van der Waals surface area contributed by atoms with Gasteiger partial charge in [-0.05, 0) is 86.6 Å². The molecule has 174 valence electrons. The molecule has 4 rings (SSSR count). The van der Waals surface area contributed by atoms with Crippen LogP contribution in [0.15, 0.2) is 47.0 Å². The topological polar surface area (TPSA) is 77.7 Å². The maximum absolute atomic E-state index is 13.0. The fraction of sp³-hybridized carbons (Fsp3) is 0.423. The van der Waals surface area contributed by atoms with Crippen LogP contribution in [0.4, 0.5) is 0 Å². The van der Waals surface area contributed by atoms with Gasteiger partial charge in [-0.2, -0.15) is 4.98 Å². The Balaban J connectivity index is 1.38. The summed E-state index contributed by atoms with van der Waals surface area (Å²) < 4.78 is 16.9. The van der Waals surface area contributed by atoms with Crippen molar-refractivity contribution in [3.05, 3.63) is 59.5 Å². The van der Waals surface area contributed by atoms with E-state index in [1.54, 1.807) is 11.9 Å². The number of benzene rings is 2. The van der Waals surface area contributed by atoms with E-state index in [2.05, 4.69) is 22.3 Å². The predicted molar refractivity (Wildman–Crippen MR) is 125 cm³/mol.